The molecule has 1 aliphatic rings. The highest BCUT2D eigenvalue weighted by molar-refractivity contribution is 5.88. The van der Waals surface area contributed by atoms with Gasteiger partial charge in [0.15, 0.2) is 5.82 Å². The third-order valence-electron chi connectivity index (χ3n) is 5.03. The molecule has 2 aromatic rings. The maximum Gasteiger partial charge on any atom is 0.260 e. The zero-order valence-electron chi connectivity index (χ0n) is 16.1. The summed E-state index contributed by atoms with van der Waals surface area (Å²) in [6.07, 6.45) is 9.98. The quantitative estimate of drug-likeness (QED) is 0.854. The molecule has 0 amide bonds. The summed E-state index contributed by atoms with van der Waals surface area (Å²) < 4.78 is 0. The Bertz CT molecular complexity index is 758. The minimum Gasteiger partial charge on any atom is -0.355 e. The number of pyridine rings is 1. The van der Waals surface area contributed by atoms with E-state index in [1.54, 1.807) is 12.3 Å². The predicted octanol–water partition coefficient (Wildman–Crippen LogP) is 3.72. The Hall–Kier alpha value is -2.11. The SMILES string of the molecule is CCCN(CCC)c1nc2c(N3CCCCCCC3)nccc2c(=O)[nH]1. The van der Waals surface area contributed by atoms with E-state index in [1.807, 2.05) is 0 Å². The number of hydrogen-bond acceptors (Lipinski definition) is 5. The van der Waals surface area contributed by atoms with Gasteiger partial charge in [-0.2, -0.15) is 0 Å². The molecule has 0 atom stereocenters. The fourth-order valence-electron chi connectivity index (χ4n) is 3.74. The van der Waals surface area contributed by atoms with Crippen LogP contribution < -0.4 is 15.4 Å². The number of anilines is 2. The van der Waals surface area contributed by atoms with E-state index < -0.39 is 0 Å². The zero-order valence-corrected chi connectivity index (χ0v) is 16.1. The maximum atomic E-state index is 12.7. The van der Waals surface area contributed by atoms with Crippen molar-refractivity contribution in [2.24, 2.45) is 0 Å². The van der Waals surface area contributed by atoms with Gasteiger partial charge in [-0.1, -0.05) is 33.1 Å². The van der Waals surface area contributed by atoms with Crippen molar-refractivity contribution in [2.75, 3.05) is 36.0 Å². The van der Waals surface area contributed by atoms with Gasteiger partial charge >= 0.3 is 0 Å². The highest BCUT2D eigenvalue weighted by Gasteiger charge is 2.18. The molecule has 1 saturated heterocycles. The first-order valence-electron chi connectivity index (χ1n) is 10.1. The van der Waals surface area contributed by atoms with Crippen LogP contribution in [-0.4, -0.2) is 41.1 Å². The molecule has 0 spiro atoms. The molecule has 0 radical (unpaired) electrons. The number of nitrogens with one attached hydrogen (secondary N) is 1. The van der Waals surface area contributed by atoms with Gasteiger partial charge in [-0.05, 0) is 31.7 Å². The molecule has 0 saturated carbocycles. The molecule has 1 aliphatic heterocycles. The molecule has 142 valence electrons. The van der Waals surface area contributed by atoms with Gasteiger partial charge in [0.25, 0.3) is 5.56 Å². The van der Waals surface area contributed by atoms with Crippen LogP contribution in [0.15, 0.2) is 17.1 Å². The van der Waals surface area contributed by atoms with E-state index in [0.29, 0.717) is 11.3 Å². The molecule has 6 nitrogen and oxygen atoms in total. The average molecular weight is 358 g/mol. The van der Waals surface area contributed by atoms with Gasteiger partial charge in [0.1, 0.15) is 5.52 Å². The molecule has 1 N–H and O–H groups in total. The molecule has 0 unspecified atom stereocenters. The number of nitrogens with zero attached hydrogens (tertiary/aromatic N) is 4. The minimum absolute atomic E-state index is 0.0714. The van der Waals surface area contributed by atoms with Gasteiger partial charge in [-0.15, -0.1) is 0 Å². The van der Waals surface area contributed by atoms with Crippen LogP contribution in [0, 0.1) is 0 Å². The standard InChI is InChI=1S/C20H31N5O/c1-3-12-25(13-4-2)20-22-17-16(19(26)23-20)10-11-21-18(17)24-14-8-6-5-7-9-15-24/h10-11H,3-9,12-15H2,1-2H3,(H,22,23,26). The molecule has 3 heterocycles. The smallest absolute Gasteiger partial charge is 0.260 e. The molecule has 0 aromatic carbocycles. The van der Waals surface area contributed by atoms with Crippen LogP contribution in [0.25, 0.3) is 10.9 Å². The van der Waals surface area contributed by atoms with Gasteiger partial charge in [0, 0.05) is 32.4 Å². The summed E-state index contributed by atoms with van der Waals surface area (Å²) in [5.41, 5.74) is 0.668. The second-order valence-electron chi connectivity index (χ2n) is 7.16. The van der Waals surface area contributed by atoms with Crippen molar-refractivity contribution in [1.29, 1.82) is 0 Å². The Labute approximate surface area is 155 Å². The third kappa shape index (κ3) is 4.17. The highest BCUT2D eigenvalue weighted by atomic mass is 16.1. The second kappa shape index (κ2) is 9.01. The average Bonchev–Trinajstić information content (AvgIpc) is 2.61. The van der Waals surface area contributed by atoms with E-state index in [9.17, 15) is 4.79 Å². The lowest BCUT2D eigenvalue weighted by molar-refractivity contribution is 0.554. The fourth-order valence-corrected chi connectivity index (χ4v) is 3.74. The zero-order chi connectivity index (χ0) is 18.4. The van der Waals surface area contributed by atoms with Gasteiger partial charge < -0.3 is 9.80 Å². The van der Waals surface area contributed by atoms with Gasteiger partial charge in [0.2, 0.25) is 5.95 Å². The molecule has 0 bridgehead atoms. The highest BCUT2D eigenvalue weighted by Crippen LogP contribution is 2.24. The normalized spacial score (nSPS) is 15.7. The van der Waals surface area contributed by atoms with Gasteiger partial charge in [-0.25, -0.2) is 9.97 Å². The van der Waals surface area contributed by atoms with Crippen molar-refractivity contribution in [2.45, 2.75) is 58.8 Å². The van der Waals surface area contributed by atoms with Crippen LogP contribution in [-0.2, 0) is 0 Å². The Balaban J connectivity index is 2.04. The Morgan fingerprint density at radius 2 is 1.73 bits per heavy atom. The summed E-state index contributed by atoms with van der Waals surface area (Å²) in [5.74, 6) is 1.54. The maximum absolute atomic E-state index is 12.7. The fraction of sp³-hybridized carbons (Fsp3) is 0.650. The first kappa shape index (κ1) is 18.7. The van der Waals surface area contributed by atoms with Crippen LogP contribution in [0.2, 0.25) is 0 Å². The lowest BCUT2D eigenvalue weighted by Gasteiger charge is -2.27. The lowest BCUT2D eigenvalue weighted by Crippen LogP contribution is -2.31. The van der Waals surface area contributed by atoms with E-state index in [0.717, 1.165) is 50.4 Å². The lowest BCUT2D eigenvalue weighted by atomic mass is 10.1. The summed E-state index contributed by atoms with van der Waals surface area (Å²) in [6, 6.07) is 1.78. The second-order valence-corrected chi connectivity index (χ2v) is 7.16. The number of aromatic nitrogens is 3. The Morgan fingerprint density at radius 1 is 1.08 bits per heavy atom. The molecule has 6 heteroatoms. The van der Waals surface area contributed by atoms with E-state index in [1.165, 1.54) is 32.1 Å². The largest absolute Gasteiger partial charge is 0.355 e. The van der Waals surface area contributed by atoms with Crippen molar-refractivity contribution in [3.63, 3.8) is 0 Å². The molecule has 1 fully saturated rings. The monoisotopic (exact) mass is 357 g/mol. The first-order valence-corrected chi connectivity index (χ1v) is 10.1. The summed E-state index contributed by atoms with van der Waals surface area (Å²) in [4.78, 5) is 29.7. The van der Waals surface area contributed by atoms with Gasteiger partial charge in [0.05, 0.1) is 5.39 Å². The number of H-pyrrole nitrogens is 1. The van der Waals surface area contributed by atoms with Gasteiger partial charge in [-0.3, -0.25) is 9.78 Å². The molecular weight excluding hydrogens is 326 g/mol. The van der Waals surface area contributed by atoms with Crippen LogP contribution in [0.3, 0.4) is 0 Å². The van der Waals surface area contributed by atoms with E-state index >= 15 is 0 Å². The number of hydrogen-bond donors (Lipinski definition) is 1. The summed E-state index contributed by atoms with van der Waals surface area (Å²) >= 11 is 0. The topological polar surface area (TPSA) is 65.1 Å². The Morgan fingerprint density at radius 3 is 2.38 bits per heavy atom. The van der Waals surface area contributed by atoms with Crippen molar-refractivity contribution in [3.05, 3.63) is 22.6 Å². The number of fused-ring (bicyclic) bond motifs is 1. The Kier molecular flexibility index (Phi) is 6.47. The third-order valence-corrected chi connectivity index (χ3v) is 5.03. The number of rotatable bonds is 6. The van der Waals surface area contributed by atoms with E-state index in [2.05, 4.69) is 33.6 Å². The summed E-state index contributed by atoms with van der Waals surface area (Å²) in [5, 5.41) is 0.633. The first-order chi connectivity index (χ1) is 12.7. The molecule has 2 aromatic heterocycles. The van der Waals surface area contributed by atoms with Crippen LogP contribution in [0.4, 0.5) is 11.8 Å². The molecule has 3 rings (SSSR count). The van der Waals surface area contributed by atoms with Crippen LogP contribution in [0.5, 0.6) is 0 Å². The van der Waals surface area contributed by atoms with E-state index in [4.69, 9.17) is 4.98 Å². The van der Waals surface area contributed by atoms with Crippen LogP contribution >= 0.6 is 0 Å². The predicted molar refractivity (Wildman–Crippen MR) is 108 cm³/mol. The van der Waals surface area contributed by atoms with Crippen molar-refractivity contribution in [1.82, 2.24) is 15.0 Å². The summed E-state index contributed by atoms with van der Waals surface area (Å²) in [7, 11) is 0. The van der Waals surface area contributed by atoms with Crippen molar-refractivity contribution >= 4 is 22.7 Å². The molecule has 26 heavy (non-hydrogen) atoms. The van der Waals surface area contributed by atoms with Crippen molar-refractivity contribution in [3.8, 4) is 0 Å². The van der Waals surface area contributed by atoms with Crippen LogP contribution in [0.1, 0.15) is 58.8 Å². The van der Waals surface area contributed by atoms with E-state index in [-0.39, 0.29) is 5.56 Å². The minimum atomic E-state index is -0.0714. The molecule has 0 aliphatic carbocycles. The molecular formula is C20H31N5O. The van der Waals surface area contributed by atoms with Crippen molar-refractivity contribution < 1.29 is 0 Å². The summed E-state index contributed by atoms with van der Waals surface area (Å²) in [6.45, 7) is 8.06. The number of aromatic amines is 1.